The summed E-state index contributed by atoms with van der Waals surface area (Å²) in [6.45, 7) is 2.98. The van der Waals surface area contributed by atoms with Crippen LogP contribution in [0, 0.1) is 0 Å². The maximum atomic E-state index is 13.0. The summed E-state index contributed by atoms with van der Waals surface area (Å²) >= 11 is 0. The Balaban J connectivity index is 1.53. The second-order valence-corrected chi connectivity index (χ2v) is 7.85. The van der Waals surface area contributed by atoms with E-state index in [1.807, 2.05) is 7.05 Å². The van der Waals surface area contributed by atoms with Gasteiger partial charge in [-0.15, -0.1) is 0 Å². The molecule has 1 amide bonds. The Bertz CT molecular complexity index is 1170. The highest BCUT2D eigenvalue weighted by atomic mass is 16.5. The molecule has 0 atom stereocenters. The van der Waals surface area contributed by atoms with Crippen LogP contribution in [-0.2, 0) is 4.79 Å². The monoisotopic (exact) mass is 438 g/mol. The number of hydrogen-bond donors (Lipinski definition) is 1. The SMILES string of the molecule is COc1ccc(-c2coc3cc(OCC(=O)N4CCCN(C)CC4)cc(O)c3c2=O)cc1. The van der Waals surface area contributed by atoms with E-state index in [0.717, 1.165) is 19.5 Å². The van der Waals surface area contributed by atoms with Crippen LogP contribution in [0.2, 0.25) is 0 Å². The van der Waals surface area contributed by atoms with E-state index in [0.29, 0.717) is 30.0 Å². The van der Waals surface area contributed by atoms with Gasteiger partial charge in [0.15, 0.2) is 6.61 Å². The molecule has 0 unspecified atom stereocenters. The molecule has 0 bridgehead atoms. The molecule has 0 spiro atoms. The van der Waals surface area contributed by atoms with Crippen molar-refractivity contribution in [3.63, 3.8) is 0 Å². The van der Waals surface area contributed by atoms with Gasteiger partial charge in [0.25, 0.3) is 5.91 Å². The lowest BCUT2D eigenvalue weighted by atomic mass is 10.0. The van der Waals surface area contributed by atoms with Gasteiger partial charge in [0.05, 0.1) is 12.7 Å². The van der Waals surface area contributed by atoms with Gasteiger partial charge in [-0.2, -0.15) is 0 Å². The van der Waals surface area contributed by atoms with Crippen LogP contribution in [0.15, 0.2) is 51.9 Å². The number of carbonyl (C=O) groups is 1. The Hall–Kier alpha value is -3.52. The topological polar surface area (TPSA) is 92.5 Å². The lowest BCUT2D eigenvalue weighted by Gasteiger charge is -2.20. The molecular weight excluding hydrogens is 412 g/mol. The fraction of sp³-hybridized carbons (Fsp3) is 0.333. The van der Waals surface area contributed by atoms with E-state index in [-0.39, 0.29) is 40.4 Å². The Morgan fingerprint density at radius 3 is 2.62 bits per heavy atom. The lowest BCUT2D eigenvalue weighted by molar-refractivity contribution is -0.133. The molecule has 8 nitrogen and oxygen atoms in total. The first-order valence-corrected chi connectivity index (χ1v) is 10.5. The molecule has 1 N–H and O–H groups in total. The van der Waals surface area contributed by atoms with Gasteiger partial charge in [-0.1, -0.05) is 12.1 Å². The van der Waals surface area contributed by atoms with Gasteiger partial charge in [-0.25, -0.2) is 0 Å². The smallest absolute Gasteiger partial charge is 0.260 e. The molecule has 1 fully saturated rings. The number of nitrogens with zero attached hydrogens (tertiary/aromatic N) is 2. The van der Waals surface area contributed by atoms with E-state index in [1.54, 1.807) is 36.3 Å². The summed E-state index contributed by atoms with van der Waals surface area (Å²) in [6, 6.07) is 9.83. The molecule has 1 aromatic heterocycles. The van der Waals surface area contributed by atoms with E-state index >= 15 is 0 Å². The summed E-state index contributed by atoms with van der Waals surface area (Å²) in [5.41, 5.74) is 0.802. The van der Waals surface area contributed by atoms with Crippen LogP contribution in [0.1, 0.15) is 6.42 Å². The number of carbonyl (C=O) groups excluding carboxylic acids is 1. The zero-order valence-corrected chi connectivity index (χ0v) is 18.2. The van der Waals surface area contributed by atoms with Crippen molar-refractivity contribution in [2.24, 2.45) is 0 Å². The highest BCUT2D eigenvalue weighted by Crippen LogP contribution is 2.30. The predicted octanol–water partition coefficient (Wildman–Crippen LogP) is 2.72. The number of amides is 1. The number of phenols is 1. The fourth-order valence-electron chi connectivity index (χ4n) is 3.79. The number of methoxy groups -OCH3 is 1. The second-order valence-electron chi connectivity index (χ2n) is 7.85. The molecule has 1 aliphatic rings. The molecule has 168 valence electrons. The molecule has 4 rings (SSSR count). The Kier molecular flexibility index (Phi) is 6.32. The van der Waals surface area contributed by atoms with E-state index in [1.165, 1.54) is 18.4 Å². The third-order valence-electron chi connectivity index (χ3n) is 5.67. The third kappa shape index (κ3) is 4.55. The van der Waals surface area contributed by atoms with Crippen LogP contribution in [0.4, 0.5) is 0 Å². The maximum Gasteiger partial charge on any atom is 0.260 e. The minimum atomic E-state index is -0.356. The van der Waals surface area contributed by atoms with Crippen molar-refractivity contribution in [1.29, 1.82) is 0 Å². The first-order valence-electron chi connectivity index (χ1n) is 10.5. The maximum absolute atomic E-state index is 13.0. The van der Waals surface area contributed by atoms with Crippen LogP contribution in [0.3, 0.4) is 0 Å². The molecule has 3 aromatic rings. The van der Waals surface area contributed by atoms with Gasteiger partial charge in [-0.3, -0.25) is 9.59 Å². The second kappa shape index (κ2) is 9.32. The zero-order valence-electron chi connectivity index (χ0n) is 18.2. The zero-order chi connectivity index (χ0) is 22.7. The summed E-state index contributed by atoms with van der Waals surface area (Å²) in [5, 5.41) is 10.6. The Labute approximate surface area is 185 Å². The van der Waals surface area contributed by atoms with E-state index in [2.05, 4.69) is 4.90 Å². The average molecular weight is 438 g/mol. The Morgan fingerprint density at radius 2 is 1.88 bits per heavy atom. The van der Waals surface area contributed by atoms with Crippen molar-refractivity contribution in [3.05, 3.63) is 52.9 Å². The quantitative estimate of drug-likeness (QED) is 0.655. The fourth-order valence-corrected chi connectivity index (χ4v) is 3.79. The van der Waals surface area contributed by atoms with Crippen molar-refractivity contribution in [3.8, 4) is 28.4 Å². The summed E-state index contributed by atoms with van der Waals surface area (Å²) in [7, 11) is 3.60. The van der Waals surface area contributed by atoms with Crippen molar-refractivity contribution in [2.75, 3.05) is 46.9 Å². The molecule has 32 heavy (non-hydrogen) atoms. The summed E-state index contributed by atoms with van der Waals surface area (Å²) in [5.74, 6) is 0.558. The Morgan fingerprint density at radius 1 is 1.09 bits per heavy atom. The number of likely N-dealkylation sites (N-methyl/N-ethyl adjacent to an activating group) is 1. The normalized spacial score (nSPS) is 14.9. The molecule has 0 saturated carbocycles. The molecular formula is C24H26N2O6. The molecule has 2 aromatic carbocycles. The third-order valence-corrected chi connectivity index (χ3v) is 5.67. The van der Waals surface area contributed by atoms with E-state index < -0.39 is 0 Å². The van der Waals surface area contributed by atoms with Crippen molar-refractivity contribution in [2.45, 2.75) is 6.42 Å². The molecule has 0 radical (unpaired) electrons. The number of hydrogen-bond acceptors (Lipinski definition) is 7. The molecule has 1 aliphatic heterocycles. The van der Waals surface area contributed by atoms with Gasteiger partial charge in [0, 0.05) is 31.8 Å². The summed E-state index contributed by atoms with van der Waals surface area (Å²) in [6.07, 6.45) is 2.27. The van der Waals surface area contributed by atoms with Crippen LogP contribution >= 0.6 is 0 Å². The number of rotatable bonds is 5. The van der Waals surface area contributed by atoms with Gasteiger partial charge >= 0.3 is 0 Å². The van der Waals surface area contributed by atoms with Gasteiger partial charge in [-0.05, 0) is 37.7 Å². The van der Waals surface area contributed by atoms with Crippen molar-refractivity contribution < 1.29 is 23.8 Å². The molecule has 1 saturated heterocycles. The van der Waals surface area contributed by atoms with Gasteiger partial charge in [0.1, 0.15) is 34.5 Å². The minimum absolute atomic E-state index is 0.0625. The van der Waals surface area contributed by atoms with Crippen LogP contribution in [0.25, 0.3) is 22.1 Å². The number of fused-ring (bicyclic) bond motifs is 1. The highest BCUT2D eigenvalue weighted by Gasteiger charge is 2.19. The van der Waals surface area contributed by atoms with Crippen molar-refractivity contribution in [1.82, 2.24) is 9.80 Å². The largest absolute Gasteiger partial charge is 0.507 e. The predicted molar refractivity (Wildman–Crippen MR) is 120 cm³/mol. The lowest BCUT2D eigenvalue weighted by Crippen LogP contribution is -2.37. The van der Waals surface area contributed by atoms with Gasteiger partial charge in [0.2, 0.25) is 5.43 Å². The van der Waals surface area contributed by atoms with Crippen LogP contribution in [0.5, 0.6) is 17.2 Å². The van der Waals surface area contributed by atoms with Gasteiger partial charge < -0.3 is 28.8 Å². The van der Waals surface area contributed by atoms with E-state index in [4.69, 9.17) is 13.9 Å². The number of phenolic OH excluding ortho intramolecular Hbond substituents is 1. The number of benzene rings is 2. The minimum Gasteiger partial charge on any atom is -0.507 e. The molecule has 0 aliphatic carbocycles. The molecule has 2 heterocycles. The summed E-state index contributed by atoms with van der Waals surface area (Å²) in [4.78, 5) is 29.5. The number of aromatic hydroxyl groups is 1. The average Bonchev–Trinajstić information content (AvgIpc) is 3.02. The first kappa shape index (κ1) is 21.7. The number of ether oxygens (including phenoxy) is 2. The van der Waals surface area contributed by atoms with Crippen molar-refractivity contribution >= 4 is 16.9 Å². The highest BCUT2D eigenvalue weighted by molar-refractivity contribution is 5.88. The molecule has 8 heteroatoms. The van der Waals surface area contributed by atoms with Crippen LogP contribution in [-0.4, -0.2) is 67.8 Å². The summed E-state index contributed by atoms with van der Waals surface area (Å²) < 4.78 is 16.4. The standard InChI is InChI=1S/C24H26N2O6/c1-25-8-3-9-26(11-10-25)22(28)15-31-18-12-20(27)23-21(13-18)32-14-19(24(23)29)16-4-6-17(30-2)7-5-16/h4-7,12-14,27H,3,8-11,15H2,1-2H3. The van der Waals surface area contributed by atoms with E-state index in [9.17, 15) is 14.7 Å². The van der Waals surface area contributed by atoms with Crippen LogP contribution < -0.4 is 14.9 Å². The first-order chi connectivity index (χ1) is 15.5.